The Hall–Kier alpha value is -1.59. The minimum atomic E-state index is -0.899. The SMILES string of the molecule is CS(=O)N1CCCC(O)C1.Nc1ncc(Cl)c(-c2cnc(C3CCNCC3)o2)n1. The van der Waals surface area contributed by atoms with E-state index in [1.54, 1.807) is 16.8 Å². The van der Waals surface area contributed by atoms with Crippen LogP contribution in [-0.2, 0) is 11.0 Å². The number of nitrogens with one attached hydrogen (secondary N) is 1. The Morgan fingerprint density at radius 1 is 1.31 bits per heavy atom. The van der Waals surface area contributed by atoms with Crippen molar-refractivity contribution >= 4 is 28.5 Å². The third-order valence-corrected chi connectivity index (χ3v) is 6.27. The fourth-order valence-corrected chi connectivity index (χ4v) is 4.32. The third kappa shape index (κ3) is 6.19. The van der Waals surface area contributed by atoms with Crippen LogP contribution in [0.5, 0.6) is 0 Å². The van der Waals surface area contributed by atoms with Crippen LogP contribution in [-0.4, -0.2) is 67.1 Å². The van der Waals surface area contributed by atoms with E-state index in [1.165, 1.54) is 6.20 Å². The second-order valence-electron chi connectivity index (χ2n) is 7.12. The fourth-order valence-electron chi connectivity index (χ4n) is 3.36. The lowest BCUT2D eigenvalue weighted by atomic mass is 9.98. The van der Waals surface area contributed by atoms with Crippen LogP contribution in [0.25, 0.3) is 11.5 Å². The molecular formula is C18H27ClN6O3S. The molecule has 0 aliphatic carbocycles. The molecule has 2 atom stereocenters. The van der Waals surface area contributed by atoms with E-state index < -0.39 is 11.0 Å². The Kier molecular flexibility index (Phi) is 7.96. The first-order chi connectivity index (χ1) is 13.9. The minimum absolute atomic E-state index is 0.166. The number of hydrogen-bond donors (Lipinski definition) is 3. The first-order valence-corrected chi connectivity index (χ1v) is 11.5. The Morgan fingerprint density at radius 3 is 2.72 bits per heavy atom. The number of β-amino-alcohol motifs (C(OH)–C–C–N with tert-alkyl or cyclic N) is 1. The molecule has 2 aliphatic heterocycles. The van der Waals surface area contributed by atoms with Crippen molar-refractivity contribution in [3.8, 4) is 11.5 Å². The molecule has 2 unspecified atom stereocenters. The van der Waals surface area contributed by atoms with E-state index in [9.17, 15) is 4.21 Å². The predicted octanol–water partition coefficient (Wildman–Crippen LogP) is 1.57. The first-order valence-electron chi connectivity index (χ1n) is 9.65. The van der Waals surface area contributed by atoms with Crippen molar-refractivity contribution in [2.24, 2.45) is 0 Å². The van der Waals surface area contributed by atoms with Crippen molar-refractivity contribution in [1.82, 2.24) is 24.6 Å². The molecule has 29 heavy (non-hydrogen) atoms. The van der Waals surface area contributed by atoms with Gasteiger partial charge in [-0.05, 0) is 38.8 Å². The van der Waals surface area contributed by atoms with Gasteiger partial charge in [0.15, 0.2) is 11.7 Å². The number of aliphatic hydroxyl groups excluding tert-OH is 1. The number of nitrogens with two attached hydrogens (primary N) is 1. The summed E-state index contributed by atoms with van der Waals surface area (Å²) in [6.07, 6.45) is 8.36. The van der Waals surface area contributed by atoms with E-state index in [2.05, 4.69) is 20.3 Å². The molecule has 4 rings (SSSR count). The number of nitrogens with zero attached hydrogens (tertiary/aromatic N) is 4. The summed E-state index contributed by atoms with van der Waals surface area (Å²) >= 11 is 6.05. The van der Waals surface area contributed by atoms with Gasteiger partial charge < -0.3 is 20.6 Å². The lowest BCUT2D eigenvalue weighted by Crippen LogP contribution is -2.38. The molecule has 11 heteroatoms. The average Bonchev–Trinajstić information content (AvgIpc) is 3.21. The van der Waals surface area contributed by atoms with Gasteiger partial charge in [-0.2, -0.15) is 0 Å². The third-order valence-electron chi connectivity index (χ3n) is 4.93. The molecule has 2 aliphatic rings. The van der Waals surface area contributed by atoms with Crippen molar-refractivity contribution in [3.63, 3.8) is 0 Å². The molecule has 0 saturated carbocycles. The van der Waals surface area contributed by atoms with Crippen LogP contribution in [0, 0.1) is 0 Å². The highest BCUT2D eigenvalue weighted by Crippen LogP contribution is 2.30. The van der Waals surface area contributed by atoms with Crippen LogP contribution in [0.1, 0.15) is 37.5 Å². The van der Waals surface area contributed by atoms with Crippen LogP contribution in [0.15, 0.2) is 16.8 Å². The Bertz CT molecular complexity index is 830. The molecule has 2 aromatic heterocycles. The summed E-state index contributed by atoms with van der Waals surface area (Å²) in [7, 11) is -0.899. The minimum Gasteiger partial charge on any atom is -0.439 e. The van der Waals surface area contributed by atoms with Gasteiger partial charge in [-0.1, -0.05) is 11.6 Å². The quantitative estimate of drug-likeness (QED) is 0.652. The van der Waals surface area contributed by atoms with E-state index in [-0.39, 0.29) is 12.1 Å². The van der Waals surface area contributed by atoms with E-state index in [1.807, 2.05) is 0 Å². The summed E-state index contributed by atoms with van der Waals surface area (Å²) in [6.45, 7) is 3.41. The summed E-state index contributed by atoms with van der Waals surface area (Å²) < 4.78 is 18.4. The predicted molar refractivity (Wildman–Crippen MR) is 113 cm³/mol. The first kappa shape index (κ1) is 22.1. The van der Waals surface area contributed by atoms with Crippen molar-refractivity contribution < 1.29 is 13.7 Å². The fraction of sp³-hybridized carbons (Fsp3) is 0.611. The molecule has 160 valence electrons. The maximum atomic E-state index is 10.9. The van der Waals surface area contributed by atoms with E-state index in [4.69, 9.17) is 26.9 Å². The molecule has 2 aromatic rings. The van der Waals surface area contributed by atoms with Gasteiger partial charge in [0.2, 0.25) is 5.95 Å². The van der Waals surface area contributed by atoms with Gasteiger partial charge in [0.1, 0.15) is 5.69 Å². The Labute approximate surface area is 177 Å². The van der Waals surface area contributed by atoms with Crippen LogP contribution in [0.2, 0.25) is 5.02 Å². The van der Waals surface area contributed by atoms with Crippen LogP contribution >= 0.6 is 11.6 Å². The van der Waals surface area contributed by atoms with Gasteiger partial charge in [-0.15, -0.1) is 0 Å². The molecule has 0 radical (unpaired) electrons. The van der Waals surface area contributed by atoms with Crippen LogP contribution < -0.4 is 11.1 Å². The zero-order valence-corrected chi connectivity index (χ0v) is 18.0. The molecule has 0 aromatic carbocycles. The van der Waals surface area contributed by atoms with Crippen molar-refractivity contribution in [3.05, 3.63) is 23.3 Å². The number of rotatable bonds is 3. The number of nitrogen functional groups attached to an aromatic ring is 1. The standard InChI is InChI=1S/C12H14ClN5O.C6H13NO2S/c13-8-5-17-12(14)18-10(8)9-6-16-11(19-9)7-1-3-15-4-2-7;1-10(9)7-4-2-3-6(8)5-7/h5-7,15H,1-4H2,(H2,14,17,18);6,8H,2-5H2,1H3. The lowest BCUT2D eigenvalue weighted by molar-refractivity contribution is 0.110. The summed E-state index contributed by atoms with van der Waals surface area (Å²) in [5.41, 5.74) is 6.05. The highest BCUT2D eigenvalue weighted by atomic mass is 35.5. The van der Waals surface area contributed by atoms with Crippen molar-refractivity contribution in [2.75, 3.05) is 38.2 Å². The number of halogens is 1. The molecule has 0 spiro atoms. The van der Waals surface area contributed by atoms with Gasteiger partial charge in [-0.25, -0.2) is 23.5 Å². The van der Waals surface area contributed by atoms with Gasteiger partial charge in [0.05, 0.1) is 34.5 Å². The second kappa shape index (κ2) is 10.4. The highest BCUT2D eigenvalue weighted by Gasteiger charge is 2.22. The van der Waals surface area contributed by atoms with Gasteiger partial charge >= 0.3 is 0 Å². The number of hydrogen-bond acceptors (Lipinski definition) is 8. The number of aromatic nitrogens is 3. The summed E-state index contributed by atoms with van der Waals surface area (Å²) in [6, 6.07) is 0. The zero-order chi connectivity index (χ0) is 20.8. The molecule has 4 heterocycles. The van der Waals surface area contributed by atoms with Gasteiger partial charge in [0.25, 0.3) is 0 Å². The molecule has 0 bridgehead atoms. The summed E-state index contributed by atoms with van der Waals surface area (Å²) in [5, 5.41) is 12.9. The summed E-state index contributed by atoms with van der Waals surface area (Å²) in [4.78, 5) is 12.2. The maximum Gasteiger partial charge on any atom is 0.220 e. The lowest BCUT2D eigenvalue weighted by Gasteiger charge is -2.27. The molecular weight excluding hydrogens is 416 g/mol. The monoisotopic (exact) mass is 442 g/mol. The molecule has 2 fully saturated rings. The average molecular weight is 443 g/mol. The maximum absolute atomic E-state index is 10.9. The molecule has 4 N–H and O–H groups in total. The Morgan fingerprint density at radius 2 is 2.07 bits per heavy atom. The van der Waals surface area contributed by atoms with E-state index >= 15 is 0 Å². The second-order valence-corrected chi connectivity index (χ2v) is 8.89. The van der Waals surface area contributed by atoms with Crippen LogP contribution in [0.3, 0.4) is 0 Å². The van der Waals surface area contributed by atoms with E-state index in [0.29, 0.717) is 28.9 Å². The topological polar surface area (TPSA) is 130 Å². The highest BCUT2D eigenvalue weighted by molar-refractivity contribution is 7.81. The number of oxazole rings is 1. The summed E-state index contributed by atoms with van der Waals surface area (Å²) in [5.74, 6) is 1.80. The van der Waals surface area contributed by atoms with Crippen molar-refractivity contribution in [1.29, 1.82) is 0 Å². The number of piperidine rings is 2. The smallest absolute Gasteiger partial charge is 0.220 e. The zero-order valence-electron chi connectivity index (χ0n) is 16.4. The van der Waals surface area contributed by atoms with Crippen LogP contribution in [0.4, 0.5) is 5.95 Å². The number of anilines is 1. The Balaban J connectivity index is 0.000000204. The normalized spacial score (nSPS) is 22.0. The van der Waals surface area contributed by atoms with E-state index in [0.717, 1.165) is 51.2 Å². The number of aliphatic hydroxyl groups is 1. The molecule has 0 amide bonds. The van der Waals surface area contributed by atoms with Crippen molar-refractivity contribution in [2.45, 2.75) is 37.7 Å². The van der Waals surface area contributed by atoms with Gasteiger partial charge in [0, 0.05) is 25.3 Å². The molecule has 2 saturated heterocycles. The largest absolute Gasteiger partial charge is 0.439 e. The molecule has 9 nitrogen and oxygen atoms in total. The van der Waals surface area contributed by atoms with Gasteiger partial charge in [-0.3, -0.25) is 0 Å².